The smallest absolute Gasteiger partial charge is 0.218 e. The average Bonchev–Trinajstić information content (AvgIpc) is 2.82. The number of ketones is 1. The van der Waals surface area contributed by atoms with E-state index >= 15 is 0 Å². The van der Waals surface area contributed by atoms with E-state index in [0.29, 0.717) is 39.1 Å². The molecule has 0 aliphatic heterocycles. The Kier molecular flexibility index (Phi) is 8.04. The van der Waals surface area contributed by atoms with Crippen LogP contribution in [0.3, 0.4) is 0 Å². The van der Waals surface area contributed by atoms with Crippen molar-refractivity contribution in [3.63, 3.8) is 0 Å². The van der Waals surface area contributed by atoms with Crippen molar-refractivity contribution in [1.29, 1.82) is 10.5 Å². The van der Waals surface area contributed by atoms with Gasteiger partial charge in [0.1, 0.15) is 6.54 Å². The normalized spacial score (nSPS) is 10.5. The van der Waals surface area contributed by atoms with Gasteiger partial charge in [-0.15, -0.1) is 0 Å². The molecule has 1 rings (SSSR count). The molecule has 6 nitrogen and oxygen atoms in total. The van der Waals surface area contributed by atoms with Crippen LogP contribution in [-0.4, -0.2) is 43.7 Å². The molecule has 0 saturated heterocycles. The molecule has 0 spiro atoms. The highest BCUT2D eigenvalue weighted by molar-refractivity contribution is 5.98. The Hall–Kier alpha value is -2.15. The largest absolute Gasteiger partial charge is 0.383 e. The van der Waals surface area contributed by atoms with E-state index in [0.717, 1.165) is 28.4 Å². The second-order valence-electron chi connectivity index (χ2n) is 5.60. The van der Waals surface area contributed by atoms with Gasteiger partial charge in [0.25, 0.3) is 0 Å². The summed E-state index contributed by atoms with van der Waals surface area (Å²) in [5, 5.41) is 17.5. The Morgan fingerprint density at radius 1 is 1.26 bits per heavy atom. The van der Waals surface area contributed by atoms with Gasteiger partial charge in [0.15, 0.2) is 0 Å². The summed E-state index contributed by atoms with van der Waals surface area (Å²) >= 11 is 0. The van der Waals surface area contributed by atoms with Crippen LogP contribution in [0.1, 0.15) is 34.6 Å². The standard InChI is InChI=1S/C17H24N4O2/c1-14-12-16(15(2)21(14)10-11-23-3)17(22)13-20(8-4-6-18)9-5-7-19/h12H,4-5,8-11,13H2,1-3H3/p+1. The minimum Gasteiger partial charge on any atom is -0.383 e. The fraction of sp³-hybridized carbons (Fsp3) is 0.588. The van der Waals surface area contributed by atoms with Crippen LogP contribution in [-0.2, 0) is 11.3 Å². The number of ether oxygens (including phenoxy) is 1. The average molecular weight is 317 g/mol. The lowest BCUT2D eigenvalue weighted by molar-refractivity contribution is -0.890. The number of carbonyl (C=O) groups is 1. The van der Waals surface area contributed by atoms with E-state index in [4.69, 9.17) is 15.3 Å². The lowest BCUT2D eigenvalue weighted by Gasteiger charge is -2.16. The Labute approximate surface area is 137 Å². The van der Waals surface area contributed by atoms with Gasteiger partial charge in [-0.05, 0) is 19.9 Å². The van der Waals surface area contributed by atoms with E-state index in [2.05, 4.69) is 16.7 Å². The fourth-order valence-electron chi connectivity index (χ4n) is 2.70. The van der Waals surface area contributed by atoms with E-state index < -0.39 is 0 Å². The van der Waals surface area contributed by atoms with E-state index in [1.54, 1.807) is 7.11 Å². The number of methoxy groups -OCH3 is 1. The van der Waals surface area contributed by atoms with Crippen LogP contribution >= 0.6 is 0 Å². The Balaban J connectivity index is 2.82. The van der Waals surface area contributed by atoms with Gasteiger partial charge in [-0.25, -0.2) is 0 Å². The monoisotopic (exact) mass is 317 g/mol. The highest BCUT2D eigenvalue weighted by Gasteiger charge is 2.20. The predicted octanol–water partition coefficient (Wildman–Crippen LogP) is 0.646. The number of quaternary nitrogens is 1. The molecule has 0 fully saturated rings. The number of aryl methyl sites for hydroxylation is 1. The minimum absolute atomic E-state index is 0.0626. The molecule has 0 radical (unpaired) electrons. The van der Waals surface area contributed by atoms with Gasteiger partial charge in [-0.3, -0.25) is 4.79 Å². The summed E-state index contributed by atoms with van der Waals surface area (Å²) in [5.74, 6) is 0.0626. The molecule has 23 heavy (non-hydrogen) atoms. The second-order valence-corrected chi connectivity index (χ2v) is 5.60. The third-order valence-electron chi connectivity index (χ3n) is 3.98. The van der Waals surface area contributed by atoms with Gasteiger partial charge in [-0.1, -0.05) is 0 Å². The van der Waals surface area contributed by atoms with Crippen molar-refractivity contribution in [2.75, 3.05) is 33.4 Å². The van der Waals surface area contributed by atoms with Crippen molar-refractivity contribution >= 4 is 5.78 Å². The van der Waals surface area contributed by atoms with Crippen LogP contribution in [0.5, 0.6) is 0 Å². The van der Waals surface area contributed by atoms with Crippen molar-refractivity contribution in [2.24, 2.45) is 0 Å². The summed E-state index contributed by atoms with van der Waals surface area (Å²) in [6, 6.07) is 6.12. The van der Waals surface area contributed by atoms with Crippen molar-refractivity contribution in [2.45, 2.75) is 33.2 Å². The summed E-state index contributed by atoms with van der Waals surface area (Å²) in [7, 11) is 1.66. The van der Waals surface area contributed by atoms with Crippen LogP contribution < -0.4 is 4.90 Å². The zero-order valence-electron chi connectivity index (χ0n) is 14.2. The number of nitrogens with one attached hydrogen (secondary N) is 1. The Morgan fingerprint density at radius 3 is 2.39 bits per heavy atom. The second kappa shape index (κ2) is 9.78. The number of carbonyl (C=O) groups excluding carboxylic acids is 1. The van der Waals surface area contributed by atoms with Gasteiger partial charge in [0.2, 0.25) is 5.78 Å². The number of Topliss-reactive ketones (excluding diaryl/α,β-unsaturated/α-hetero) is 1. The van der Waals surface area contributed by atoms with Gasteiger partial charge in [-0.2, -0.15) is 10.5 Å². The first-order chi connectivity index (χ1) is 11.0. The molecular weight excluding hydrogens is 292 g/mol. The number of rotatable bonds is 10. The molecule has 0 aliphatic rings. The molecule has 0 atom stereocenters. The molecular formula is C17H25N4O2+. The van der Waals surface area contributed by atoms with Crippen molar-refractivity contribution in [3.05, 3.63) is 23.0 Å². The van der Waals surface area contributed by atoms with E-state index in [-0.39, 0.29) is 5.78 Å². The molecule has 124 valence electrons. The molecule has 0 amide bonds. The molecule has 0 saturated carbocycles. The SMILES string of the molecule is COCCn1c(C)cc(C(=O)C[NH+](CCC#N)CCC#N)c1C. The number of nitrogens with zero attached hydrogens (tertiary/aromatic N) is 3. The molecule has 0 unspecified atom stereocenters. The highest BCUT2D eigenvalue weighted by atomic mass is 16.5. The molecule has 0 aromatic carbocycles. The summed E-state index contributed by atoms with van der Waals surface area (Å²) < 4.78 is 7.19. The topological polar surface area (TPSA) is 83.2 Å². The van der Waals surface area contributed by atoms with Crippen molar-refractivity contribution in [3.8, 4) is 12.1 Å². The third-order valence-corrected chi connectivity index (χ3v) is 3.98. The van der Waals surface area contributed by atoms with Gasteiger partial charge in [0.05, 0.1) is 44.7 Å². The first-order valence-electron chi connectivity index (χ1n) is 7.81. The lowest BCUT2D eigenvalue weighted by Crippen LogP contribution is -3.12. The van der Waals surface area contributed by atoms with E-state index in [9.17, 15) is 4.79 Å². The number of aromatic nitrogens is 1. The quantitative estimate of drug-likeness (QED) is 0.642. The first kappa shape index (κ1) is 18.9. The maximum absolute atomic E-state index is 12.6. The Bertz CT molecular complexity index is 589. The van der Waals surface area contributed by atoms with Gasteiger partial charge in [0, 0.05) is 30.6 Å². The molecule has 1 N–H and O–H groups in total. The summed E-state index contributed by atoms with van der Waals surface area (Å²) in [5.41, 5.74) is 2.72. The molecule has 1 aromatic rings. The number of hydrogen-bond donors (Lipinski definition) is 1. The first-order valence-corrected chi connectivity index (χ1v) is 7.81. The molecule has 0 bridgehead atoms. The van der Waals surface area contributed by atoms with Crippen molar-refractivity contribution in [1.82, 2.24) is 4.57 Å². The van der Waals surface area contributed by atoms with Crippen LogP contribution in [0.4, 0.5) is 0 Å². The fourth-order valence-corrected chi connectivity index (χ4v) is 2.70. The van der Waals surface area contributed by atoms with E-state index in [1.165, 1.54) is 0 Å². The summed E-state index contributed by atoms with van der Waals surface area (Å²) in [6.07, 6.45) is 0.780. The lowest BCUT2D eigenvalue weighted by atomic mass is 10.1. The zero-order valence-corrected chi connectivity index (χ0v) is 14.2. The Morgan fingerprint density at radius 2 is 1.87 bits per heavy atom. The molecule has 1 aromatic heterocycles. The maximum atomic E-state index is 12.6. The number of nitriles is 2. The summed E-state index contributed by atoms with van der Waals surface area (Å²) in [4.78, 5) is 13.6. The minimum atomic E-state index is 0.0626. The molecule has 1 heterocycles. The van der Waals surface area contributed by atoms with Crippen LogP contribution in [0.2, 0.25) is 0 Å². The van der Waals surface area contributed by atoms with Crippen LogP contribution in [0, 0.1) is 36.5 Å². The molecule has 6 heteroatoms. The maximum Gasteiger partial charge on any atom is 0.218 e. The molecule has 0 aliphatic carbocycles. The number of hydrogen-bond acceptors (Lipinski definition) is 4. The van der Waals surface area contributed by atoms with Crippen LogP contribution in [0.25, 0.3) is 0 Å². The summed E-state index contributed by atoms with van der Waals surface area (Å²) in [6.45, 7) is 6.75. The highest BCUT2D eigenvalue weighted by Crippen LogP contribution is 2.15. The van der Waals surface area contributed by atoms with Gasteiger partial charge >= 0.3 is 0 Å². The van der Waals surface area contributed by atoms with Crippen molar-refractivity contribution < 1.29 is 14.4 Å². The zero-order chi connectivity index (χ0) is 17.2. The third kappa shape index (κ3) is 5.52. The predicted molar refractivity (Wildman–Crippen MR) is 86.1 cm³/mol. The van der Waals surface area contributed by atoms with Gasteiger partial charge < -0.3 is 14.2 Å². The van der Waals surface area contributed by atoms with E-state index in [1.807, 2.05) is 19.9 Å². The van der Waals surface area contributed by atoms with Crippen LogP contribution in [0.15, 0.2) is 6.07 Å².